The summed E-state index contributed by atoms with van der Waals surface area (Å²) in [6, 6.07) is 8.71. The van der Waals surface area contributed by atoms with Gasteiger partial charge in [0.15, 0.2) is 5.69 Å². The molecule has 1 aliphatic carbocycles. The minimum Gasteiger partial charge on any atom is -0.453 e. The van der Waals surface area contributed by atoms with Crippen molar-refractivity contribution in [2.75, 3.05) is 39.8 Å². The van der Waals surface area contributed by atoms with E-state index in [1.807, 2.05) is 28.9 Å². The molecule has 0 bridgehead atoms. The number of hydrogen-bond acceptors (Lipinski definition) is 5. The maximum atomic E-state index is 12.9. The van der Waals surface area contributed by atoms with E-state index >= 15 is 0 Å². The molecule has 32 heavy (non-hydrogen) atoms. The fourth-order valence-corrected chi connectivity index (χ4v) is 5.77. The fraction of sp³-hybridized carbons (Fsp3) is 0.625. The molecule has 1 N–H and O–H groups in total. The predicted molar refractivity (Wildman–Crippen MR) is 121 cm³/mol. The second kappa shape index (κ2) is 8.39. The van der Waals surface area contributed by atoms with Gasteiger partial charge in [-0.15, -0.1) is 0 Å². The highest BCUT2D eigenvalue weighted by Crippen LogP contribution is 2.52. The quantitative estimate of drug-likeness (QED) is 0.775. The van der Waals surface area contributed by atoms with Crippen LogP contribution in [0, 0.1) is 17.8 Å². The van der Waals surface area contributed by atoms with Gasteiger partial charge in [-0.25, -0.2) is 4.79 Å². The van der Waals surface area contributed by atoms with E-state index < -0.39 is 0 Å². The van der Waals surface area contributed by atoms with E-state index in [1.54, 1.807) is 4.90 Å². The third-order valence-corrected chi connectivity index (χ3v) is 7.63. The van der Waals surface area contributed by atoms with Crippen LogP contribution in [0.1, 0.15) is 43.2 Å². The maximum Gasteiger partial charge on any atom is 0.409 e. The minimum absolute atomic E-state index is 0.0717. The van der Waals surface area contributed by atoms with Gasteiger partial charge in [-0.05, 0) is 50.5 Å². The Morgan fingerprint density at radius 2 is 1.84 bits per heavy atom. The summed E-state index contributed by atoms with van der Waals surface area (Å²) in [7, 11) is 1.44. The Morgan fingerprint density at radius 1 is 1.16 bits per heavy atom. The zero-order chi connectivity index (χ0) is 22.4. The van der Waals surface area contributed by atoms with Crippen molar-refractivity contribution in [2.45, 2.75) is 38.8 Å². The van der Waals surface area contributed by atoms with Crippen molar-refractivity contribution in [3.05, 3.63) is 30.0 Å². The number of piperidine rings is 2. The summed E-state index contributed by atoms with van der Waals surface area (Å²) < 4.78 is 6.77. The van der Waals surface area contributed by atoms with Crippen molar-refractivity contribution >= 4 is 22.9 Å². The molecule has 2 saturated heterocycles. The average molecular weight is 440 g/mol. The van der Waals surface area contributed by atoms with Gasteiger partial charge in [-0.1, -0.05) is 18.2 Å². The molecule has 3 fully saturated rings. The average Bonchev–Trinajstić information content (AvgIpc) is 3.15. The van der Waals surface area contributed by atoms with Gasteiger partial charge < -0.3 is 15.0 Å². The van der Waals surface area contributed by atoms with Crippen molar-refractivity contribution in [2.24, 2.45) is 17.8 Å². The van der Waals surface area contributed by atoms with E-state index in [9.17, 15) is 9.59 Å². The number of aromatic nitrogens is 2. The summed E-state index contributed by atoms with van der Waals surface area (Å²) in [5, 5.41) is 8.69. The Kier molecular flexibility index (Phi) is 5.57. The van der Waals surface area contributed by atoms with E-state index in [2.05, 4.69) is 29.2 Å². The number of nitrogens with one attached hydrogen (secondary N) is 1. The number of nitrogens with zero attached hydrogens (tertiary/aromatic N) is 4. The largest absolute Gasteiger partial charge is 0.453 e. The normalized spacial score (nSPS) is 25.9. The van der Waals surface area contributed by atoms with Gasteiger partial charge in [0, 0.05) is 50.2 Å². The number of hydrogen-bond donors (Lipinski definition) is 1. The molecule has 1 aromatic carbocycles. The molecule has 1 saturated carbocycles. The smallest absolute Gasteiger partial charge is 0.409 e. The zero-order valence-electron chi connectivity index (χ0n) is 19.2. The van der Waals surface area contributed by atoms with Crippen LogP contribution in [0.4, 0.5) is 4.79 Å². The Morgan fingerprint density at radius 3 is 2.50 bits per heavy atom. The predicted octanol–water partition coefficient (Wildman–Crippen LogP) is 2.76. The van der Waals surface area contributed by atoms with Crippen molar-refractivity contribution in [3.8, 4) is 0 Å². The molecule has 172 valence electrons. The van der Waals surface area contributed by atoms with Gasteiger partial charge in [0.1, 0.15) is 0 Å². The molecule has 2 aromatic rings. The van der Waals surface area contributed by atoms with Crippen LogP contribution in [0.25, 0.3) is 10.9 Å². The molecule has 2 aliphatic heterocycles. The van der Waals surface area contributed by atoms with E-state index in [0.29, 0.717) is 29.5 Å². The van der Waals surface area contributed by atoms with Crippen LogP contribution in [0.5, 0.6) is 0 Å². The van der Waals surface area contributed by atoms with E-state index in [1.165, 1.54) is 7.11 Å². The molecule has 8 heteroatoms. The first kappa shape index (κ1) is 21.2. The zero-order valence-corrected chi connectivity index (χ0v) is 19.2. The molecule has 8 nitrogen and oxygen atoms in total. The van der Waals surface area contributed by atoms with Crippen molar-refractivity contribution in [1.29, 1.82) is 0 Å². The van der Waals surface area contributed by atoms with Gasteiger partial charge in [-0.2, -0.15) is 5.10 Å². The van der Waals surface area contributed by atoms with Crippen LogP contribution < -0.4 is 5.32 Å². The maximum absolute atomic E-state index is 12.9. The van der Waals surface area contributed by atoms with E-state index in [0.717, 1.165) is 56.5 Å². The van der Waals surface area contributed by atoms with Gasteiger partial charge >= 0.3 is 6.09 Å². The molecule has 0 radical (unpaired) electrons. The number of fused-ring (bicyclic) bond motifs is 2. The summed E-state index contributed by atoms with van der Waals surface area (Å²) in [6.07, 6.45) is 1.82. The van der Waals surface area contributed by atoms with Gasteiger partial charge in [0.2, 0.25) is 0 Å². The lowest BCUT2D eigenvalue weighted by atomic mass is 10.0. The Bertz CT molecular complexity index is 998. The molecule has 2 atom stereocenters. The summed E-state index contributed by atoms with van der Waals surface area (Å²) >= 11 is 0. The first-order valence-corrected chi connectivity index (χ1v) is 11.8. The summed E-state index contributed by atoms with van der Waals surface area (Å²) in [4.78, 5) is 29.0. The highest BCUT2D eigenvalue weighted by molar-refractivity contribution is 6.04. The lowest BCUT2D eigenvalue weighted by molar-refractivity contribution is 0.0854. The number of carbonyl (C=O) groups excluding carboxylic acids is 2. The van der Waals surface area contributed by atoms with Crippen LogP contribution in [0.3, 0.4) is 0 Å². The molecule has 0 spiro atoms. The van der Waals surface area contributed by atoms with Gasteiger partial charge in [-0.3, -0.25) is 14.4 Å². The SMILES string of the molecule is COC(=O)N1CCC(N2CC3C(CNC(=O)c4nn(C(C)C)c5ccccc45)C3C2)CC1. The lowest BCUT2D eigenvalue weighted by Crippen LogP contribution is -2.47. The number of carbonyl (C=O) groups is 2. The molecule has 2 amide bonds. The van der Waals surface area contributed by atoms with Crippen LogP contribution in [-0.4, -0.2) is 77.5 Å². The number of para-hydroxylation sites is 1. The molecule has 1 aromatic heterocycles. The highest BCUT2D eigenvalue weighted by atomic mass is 16.5. The highest BCUT2D eigenvalue weighted by Gasteiger charge is 2.56. The van der Waals surface area contributed by atoms with Crippen LogP contribution in [0.2, 0.25) is 0 Å². The third kappa shape index (κ3) is 3.74. The van der Waals surface area contributed by atoms with E-state index in [4.69, 9.17) is 4.74 Å². The number of rotatable bonds is 5. The standard InChI is InChI=1S/C24H33N5O3/c1-15(2)29-21-7-5-4-6-17(21)22(26-29)23(30)25-12-18-19-13-28(14-20(18)19)16-8-10-27(11-9-16)24(31)32-3/h4-7,15-16,18-20H,8-14H2,1-3H3,(H,25,30). The summed E-state index contributed by atoms with van der Waals surface area (Å²) in [6.45, 7) is 8.66. The van der Waals surface area contributed by atoms with Crippen molar-refractivity contribution in [3.63, 3.8) is 0 Å². The molecule has 2 unspecified atom stereocenters. The number of benzene rings is 1. The minimum atomic E-state index is -0.213. The fourth-order valence-electron chi connectivity index (χ4n) is 5.77. The number of likely N-dealkylation sites (tertiary alicyclic amines) is 2. The first-order chi connectivity index (χ1) is 15.5. The number of ether oxygens (including phenoxy) is 1. The molecular formula is C24H33N5O3. The van der Waals surface area contributed by atoms with E-state index in [-0.39, 0.29) is 18.0 Å². The van der Waals surface area contributed by atoms with Crippen molar-refractivity contribution < 1.29 is 14.3 Å². The molecule has 3 aliphatic rings. The lowest BCUT2D eigenvalue weighted by Gasteiger charge is -2.37. The molecule has 5 rings (SSSR count). The van der Waals surface area contributed by atoms with Gasteiger partial charge in [0.25, 0.3) is 5.91 Å². The Hall–Kier alpha value is -2.61. The van der Waals surface area contributed by atoms with Crippen LogP contribution in [0.15, 0.2) is 24.3 Å². The first-order valence-electron chi connectivity index (χ1n) is 11.8. The second-order valence-electron chi connectivity index (χ2n) is 9.75. The molecular weight excluding hydrogens is 406 g/mol. The summed E-state index contributed by atoms with van der Waals surface area (Å²) in [5.41, 5.74) is 1.53. The second-order valence-corrected chi connectivity index (χ2v) is 9.75. The Balaban J connectivity index is 1.12. The van der Waals surface area contributed by atoms with Gasteiger partial charge in [0.05, 0.1) is 12.6 Å². The molecule has 3 heterocycles. The topological polar surface area (TPSA) is 79.7 Å². The van der Waals surface area contributed by atoms with Crippen LogP contribution >= 0.6 is 0 Å². The number of amides is 2. The van der Waals surface area contributed by atoms with Crippen molar-refractivity contribution in [1.82, 2.24) is 24.9 Å². The third-order valence-electron chi connectivity index (χ3n) is 7.63. The Labute approximate surface area is 188 Å². The van der Waals surface area contributed by atoms with Crippen LogP contribution in [-0.2, 0) is 4.74 Å². The summed E-state index contributed by atoms with van der Waals surface area (Å²) in [5.74, 6) is 1.86. The number of methoxy groups -OCH3 is 1. The monoisotopic (exact) mass is 439 g/mol.